The van der Waals surface area contributed by atoms with Gasteiger partial charge in [0.2, 0.25) is 10.0 Å². The molecule has 2 aromatic carbocycles. The summed E-state index contributed by atoms with van der Waals surface area (Å²) in [6.45, 7) is 2.68. The lowest BCUT2D eigenvalue weighted by Gasteiger charge is -2.09. The van der Waals surface area contributed by atoms with Crippen LogP contribution in [-0.4, -0.2) is 24.4 Å². The molecule has 0 bridgehead atoms. The first kappa shape index (κ1) is 18.8. The Morgan fingerprint density at radius 1 is 0.852 bits per heavy atom. The van der Waals surface area contributed by atoms with Crippen LogP contribution in [0.3, 0.4) is 0 Å². The lowest BCUT2D eigenvalue weighted by molar-refractivity contribution is 0.600. The summed E-state index contributed by atoms with van der Waals surface area (Å²) in [4.78, 5) is 0. The first-order valence-corrected chi connectivity index (χ1v) is 10.3. The molecule has 0 amide bonds. The SMILES string of the molecule is Cc1ccccc1CNc1ccc(NS(=O)(=O)CCc2ccccc2)nn1. The molecule has 0 saturated carbocycles. The van der Waals surface area contributed by atoms with Gasteiger partial charge >= 0.3 is 0 Å². The number of nitrogens with one attached hydrogen (secondary N) is 2. The molecule has 0 fully saturated rings. The Morgan fingerprint density at radius 3 is 2.22 bits per heavy atom. The molecule has 1 heterocycles. The van der Waals surface area contributed by atoms with Crippen LogP contribution in [0.15, 0.2) is 66.7 Å². The molecule has 0 saturated heterocycles. The summed E-state index contributed by atoms with van der Waals surface area (Å²) in [5, 5.41) is 11.2. The van der Waals surface area contributed by atoms with Crippen LogP contribution < -0.4 is 10.0 Å². The topological polar surface area (TPSA) is 84.0 Å². The average molecular weight is 382 g/mol. The van der Waals surface area contributed by atoms with Crippen LogP contribution in [0.4, 0.5) is 11.6 Å². The van der Waals surface area contributed by atoms with E-state index in [2.05, 4.69) is 33.2 Å². The van der Waals surface area contributed by atoms with Gasteiger partial charge in [-0.2, -0.15) is 0 Å². The largest absolute Gasteiger partial charge is 0.364 e. The Morgan fingerprint density at radius 2 is 1.52 bits per heavy atom. The van der Waals surface area contributed by atoms with E-state index < -0.39 is 10.0 Å². The second kappa shape index (κ2) is 8.64. The molecule has 0 aliphatic heterocycles. The van der Waals surface area contributed by atoms with Crippen LogP contribution >= 0.6 is 0 Å². The molecule has 6 nitrogen and oxygen atoms in total. The van der Waals surface area contributed by atoms with Crippen molar-refractivity contribution in [3.8, 4) is 0 Å². The number of rotatable bonds is 8. The lowest BCUT2D eigenvalue weighted by atomic mass is 10.1. The van der Waals surface area contributed by atoms with E-state index in [0.717, 1.165) is 5.56 Å². The number of anilines is 2. The highest BCUT2D eigenvalue weighted by Gasteiger charge is 2.12. The third-order valence-corrected chi connectivity index (χ3v) is 5.41. The molecule has 1 aromatic heterocycles. The molecule has 0 unspecified atom stereocenters. The van der Waals surface area contributed by atoms with Crippen molar-refractivity contribution in [3.05, 3.63) is 83.4 Å². The zero-order chi connectivity index (χ0) is 19.1. The van der Waals surface area contributed by atoms with Gasteiger partial charge in [0.15, 0.2) is 5.82 Å². The van der Waals surface area contributed by atoms with Gasteiger partial charge in [-0.1, -0.05) is 54.6 Å². The number of hydrogen-bond donors (Lipinski definition) is 2. The van der Waals surface area contributed by atoms with E-state index in [9.17, 15) is 8.42 Å². The standard InChI is InChI=1S/C20H22N4O2S/c1-16-7-5-6-10-18(16)15-21-19-11-12-20(23-22-19)24-27(25,26)14-13-17-8-3-2-4-9-17/h2-12H,13-15H2,1H3,(H,21,22)(H,23,24). The summed E-state index contributed by atoms with van der Waals surface area (Å²) >= 11 is 0. The third kappa shape index (κ3) is 5.79. The summed E-state index contributed by atoms with van der Waals surface area (Å²) in [7, 11) is -3.48. The van der Waals surface area contributed by atoms with Gasteiger partial charge in [0, 0.05) is 6.54 Å². The highest BCUT2D eigenvalue weighted by molar-refractivity contribution is 7.92. The first-order chi connectivity index (χ1) is 13.0. The van der Waals surface area contributed by atoms with E-state index in [0.29, 0.717) is 18.8 Å². The zero-order valence-electron chi connectivity index (χ0n) is 15.1. The number of aryl methyl sites for hydroxylation is 2. The van der Waals surface area contributed by atoms with Crippen molar-refractivity contribution in [2.75, 3.05) is 15.8 Å². The van der Waals surface area contributed by atoms with Crippen molar-refractivity contribution in [1.82, 2.24) is 10.2 Å². The molecular weight excluding hydrogens is 360 g/mol. The average Bonchev–Trinajstić information content (AvgIpc) is 2.68. The second-order valence-corrected chi connectivity index (χ2v) is 8.08. The van der Waals surface area contributed by atoms with E-state index in [-0.39, 0.29) is 11.6 Å². The van der Waals surface area contributed by atoms with Gasteiger partial charge < -0.3 is 5.32 Å². The first-order valence-electron chi connectivity index (χ1n) is 8.68. The Hall–Kier alpha value is -2.93. The molecule has 27 heavy (non-hydrogen) atoms. The molecule has 0 spiro atoms. The van der Waals surface area contributed by atoms with E-state index >= 15 is 0 Å². The minimum atomic E-state index is -3.48. The van der Waals surface area contributed by atoms with Gasteiger partial charge in [-0.15, -0.1) is 10.2 Å². The predicted molar refractivity (Wildman–Crippen MR) is 108 cm³/mol. The van der Waals surface area contributed by atoms with E-state index in [1.165, 1.54) is 11.1 Å². The van der Waals surface area contributed by atoms with Crippen molar-refractivity contribution in [2.45, 2.75) is 19.9 Å². The molecule has 2 N–H and O–H groups in total. The lowest BCUT2D eigenvalue weighted by Crippen LogP contribution is -2.19. The van der Waals surface area contributed by atoms with Crippen LogP contribution in [0.25, 0.3) is 0 Å². The molecule has 0 aliphatic carbocycles. The monoisotopic (exact) mass is 382 g/mol. The number of sulfonamides is 1. The molecule has 0 aliphatic rings. The fourth-order valence-electron chi connectivity index (χ4n) is 2.58. The fourth-order valence-corrected chi connectivity index (χ4v) is 3.62. The highest BCUT2D eigenvalue weighted by Crippen LogP contribution is 2.12. The summed E-state index contributed by atoms with van der Waals surface area (Å²) in [6, 6.07) is 20.9. The zero-order valence-corrected chi connectivity index (χ0v) is 15.9. The van der Waals surface area contributed by atoms with Crippen molar-refractivity contribution in [1.29, 1.82) is 0 Å². The molecule has 0 radical (unpaired) electrons. The summed E-state index contributed by atoms with van der Waals surface area (Å²) in [5.41, 5.74) is 3.34. The number of aromatic nitrogens is 2. The normalized spacial score (nSPS) is 11.1. The van der Waals surface area contributed by atoms with Crippen LogP contribution in [0, 0.1) is 6.92 Å². The van der Waals surface area contributed by atoms with E-state index in [1.807, 2.05) is 48.5 Å². The summed E-state index contributed by atoms with van der Waals surface area (Å²) in [6.07, 6.45) is 0.444. The van der Waals surface area contributed by atoms with Gasteiger partial charge in [-0.05, 0) is 42.2 Å². The Balaban J connectivity index is 1.54. The van der Waals surface area contributed by atoms with Crippen molar-refractivity contribution >= 4 is 21.7 Å². The maximum Gasteiger partial charge on any atom is 0.234 e. The van der Waals surface area contributed by atoms with Gasteiger partial charge in [0.1, 0.15) is 5.82 Å². The van der Waals surface area contributed by atoms with E-state index in [4.69, 9.17) is 0 Å². The van der Waals surface area contributed by atoms with Crippen molar-refractivity contribution < 1.29 is 8.42 Å². The molecular formula is C20H22N4O2S. The molecule has 0 atom stereocenters. The highest BCUT2D eigenvalue weighted by atomic mass is 32.2. The second-order valence-electron chi connectivity index (χ2n) is 6.24. The molecule has 3 rings (SSSR count). The maximum atomic E-state index is 12.2. The van der Waals surface area contributed by atoms with Crippen molar-refractivity contribution in [2.24, 2.45) is 0 Å². The smallest absolute Gasteiger partial charge is 0.234 e. The van der Waals surface area contributed by atoms with Crippen LogP contribution in [0.2, 0.25) is 0 Å². The minimum Gasteiger partial charge on any atom is -0.364 e. The molecule has 140 valence electrons. The minimum absolute atomic E-state index is 0.00796. The quantitative estimate of drug-likeness (QED) is 0.624. The predicted octanol–water partition coefficient (Wildman–Crippen LogP) is 3.38. The summed E-state index contributed by atoms with van der Waals surface area (Å²) < 4.78 is 26.9. The fraction of sp³-hybridized carbons (Fsp3) is 0.200. The number of nitrogens with zero attached hydrogens (tertiary/aromatic N) is 2. The van der Waals surface area contributed by atoms with Crippen LogP contribution in [-0.2, 0) is 23.0 Å². The van der Waals surface area contributed by atoms with Gasteiger partial charge in [-0.25, -0.2) is 8.42 Å². The molecule has 7 heteroatoms. The van der Waals surface area contributed by atoms with Gasteiger partial charge in [-0.3, -0.25) is 4.72 Å². The van der Waals surface area contributed by atoms with Gasteiger partial charge in [0.05, 0.1) is 5.75 Å². The Labute approximate surface area is 159 Å². The third-order valence-electron chi connectivity index (χ3n) is 4.15. The number of benzene rings is 2. The van der Waals surface area contributed by atoms with Crippen LogP contribution in [0.5, 0.6) is 0 Å². The van der Waals surface area contributed by atoms with Gasteiger partial charge in [0.25, 0.3) is 0 Å². The van der Waals surface area contributed by atoms with Crippen LogP contribution in [0.1, 0.15) is 16.7 Å². The van der Waals surface area contributed by atoms with E-state index in [1.54, 1.807) is 12.1 Å². The summed E-state index contributed by atoms with van der Waals surface area (Å²) in [5.74, 6) is 0.793. The Bertz CT molecular complexity index is 974. The van der Waals surface area contributed by atoms with Crippen molar-refractivity contribution in [3.63, 3.8) is 0 Å². The molecule has 3 aromatic rings. The number of hydrogen-bond acceptors (Lipinski definition) is 5. The maximum absolute atomic E-state index is 12.2. The Kier molecular flexibility index (Phi) is 6.03.